The summed E-state index contributed by atoms with van der Waals surface area (Å²) < 4.78 is 38.0. The van der Waals surface area contributed by atoms with Crippen molar-refractivity contribution in [2.24, 2.45) is 0 Å². The third-order valence-electron chi connectivity index (χ3n) is 3.26. The Balaban J connectivity index is 2.35. The molecular weight excluding hydrogens is 277 g/mol. The highest BCUT2D eigenvalue weighted by Gasteiger charge is 2.16. The van der Waals surface area contributed by atoms with Gasteiger partial charge in [0.2, 0.25) is 0 Å². The maximum atomic E-state index is 13.4. The van der Waals surface area contributed by atoms with Crippen molar-refractivity contribution in [1.82, 2.24) is 0 Å². The molecule has 0 aliphatic rings. The molecule has 20 heavy (non-hydrogen) atoms. The quantitative estimate of drug-likeness (QED) is 0.885. The molecule has 0 saturated carbocycles. The van der Waals surface area contributed by atoms with Gasteiger partial charge >= 0.3 is 0 Å². The van der Waals surface area contributed by atoms with Crippen LogP contribution >= 0.6 is 0 Å². The smallest absolute Gasteiger partial charge is 0.182 e. The number of anilines is 1. The lowest BCUT2D eigenvalue weighted by Gasteiger charge is -2.08. The van der Waals surface area contributed by atoms with Gasteiger partial charge in [-0.1, -0.05) is 12.1 Å². The SMILES string of the molecule is Cc1ccc(S(=O)(=O)Cc2ccc(N)c(F)c2)cc1C. The van der Waals surface area contributed by atoms with Crippen LogP contribution in [0.3, 0.4) is 0 Å². The van der Waals surface area contributed by atoms with Gasteiger partial charge in [-0.25, -0.2) is 12.8 Å². The van der Waals surface area contributed by atoms with Gasteiger partial charge in [-0.2, -0.15) is 0 Å². The van der Waals surface area contributed by atoms with Crippen molar-refractivity contribution >= 4 is 15.5 Å². The van der Waals surface area contributed by atoms with Crippen LogP contribution in [0.4, 0.5) is 10.1 Å². The lowest BCUT2D eigenvalue weighted by Crippen LogP contribution is -2.06. The minimum absolute atomic E-state index is 0.0114. The van der Waals surface area contributed by atoms with E-state index in [4.69, 9.17) is 5.73 Å². The van der Waals surface area contributed by atoms with Crippen LogP contribution in [-0.4, -0.2) is 8.42 Å². The first kappa shape index (κ1) is 14.5. The van der Waals surface area contributed by atoms with Crippen LogP contribution in [0.1, 0.15) is 16.7 Å². The Morgan fingerprint density at radius 1 is 1.05 bits per heavy atom. The summed E-state index contributed by atoms with van der Waals surface area (Å²) in [5, 5.41) is 0. The molecule has 2 N–H and O–H groups in total. The average Bonchev–Trinajstić information content (AvgIpc) is 2.37. The van der Waals surface area contributed by atoms with Gasteiger partial charge in [0.05, 0.1) is 16.3 Å². The highest BCUT2D eigenvalue weighted by molar-refractivity contribution is 7.90. The summed E-state index contributed by atoms with van der Waals surface area (Å²) in [4.78, 5) is 0.248. The van der Waals surface area contributed by atoms with E-state index in [2.05, 4.69) is 0 Å². The van der Waals surface area contributed by atoms with Crippen LogP contribution in [0.2, 0.25) is 0 Å². The standard InChI is InChI=1S/C15H16FNO2S/c1-10-3-5-13(7-11(10)2)20(18,19)9-12-4-6-15(17)14(16)8-12/h3-8H,9,17H2,1-2H3. The van der Waals surface area contributed by atoms with Crippen molar-refractivity contribution in [2.45, 2.75) is 24.5 Å². The van der Waals surface area contributed by atoms with Crippen molar-refractivity contribution in [3.8, 4) is 0 Å². The van der Waals surface area contributed by atoms with E-state index in [1.807, 2.05) is 13.8 Å². The summed E-state index contributed by atoms with van der Waals surface area (Å²) in [5.41, 5.74) is 7.71. The van der Waals surface area contributed by atoms with Crippen molar-refractivity contribution < 1.29 is 12.8 Å². The Bertz CT molecular complexity index is 754. The van der Waals surface area contributed by atoms with Gasteiger partial charge in [0, 0.05) is 0 Å². The lowest BCUT2D eigenvalue weighted by molar-refractivity contribution is 0.594. The average molecular weight is 293 g/mol. The summed E-state index contributed by atoms with van der Waals surface area (Å²) in [6.45, 7) is 3.78. The largest absolute Gasteiger partial charge is 0.396 e. The monoisotopic (exact) mass is 293 g/mol. The molecule has 0 saturated heterocycles. The number of rotatable bonds is 3. The molecule has 0 unspecified atom stereocenters. The molecule has 0 fully saturated rings. The first-order valence-corrected chi connectivity index (χ1v) is 7.79. The number of nitrogen functional groups attached to an aromatic ring is 1. The summed E-state index contributed by atoms with van der Waals surface area (Å²) in [5.74, 6) is -0.843. The minimum atomic E-state index is -3.49. The molecule has 0 radical (unpaired) electrons. The molecule has 106 valence electrons. The number of halogens is 1. The maximum Gasteiger partial charge on any atom is 0.182 e. The van der Waals surface area contributed by atoms with Crippen molar-refractivity contribution in [3.63, 3.8) is 0 Å². The highest BCUT2D eigenvalue weighted by atomic mass is 32.2. The predicted octanol–water partition coefficient (Wildman–Crippen LogP) is 3.00. The van der Waals surface area contributed by atoms with Crippen molar-refractivity contribution in [3.05, 3.63) is 58.9 Å². The van der Waals surface area contributed by atoms with Gasteiger partial charge in [-0.15, -0.1) is 0 Å². The molecule has 2 aromatic carbocycles. The lowest BCUT2D eigenvalue weighted by atomic mass is 10.1. The molecule has 0 aromatic heterocycles. The second-order valence-electron chi connectivity index (χ2n) is 4.86. The summed E-state index contributed by atoms with van der Waals surface area (Å²) in [6, 6.07) is 9.04. The van der Waals surface area contributed by atoms with Crippen molar-refractivity contribution in [1.29, 1.82) is 0 Å². The predicted molar refractivity (Wildman–Crippen MR) is 77.6 cm³/mol. The van der Waals surface area contributed by atoms with E-state index in [9.17, 15) is 12.8 Å². The van der Waals surface area contributed by atoms with E-state index in [-0.39, 0.29) is 16.3 Å². The maximum absolute atomic E-state index is 13.4. The molecule has 3 nitrogen and oxygen atoms in total. The van der Waals surface area contributed by atoms with Gasteiger partial charge in [-0.3, -0.25) is 0 Å². The highest BCUT2D eigenvalue weighted by Crippen LogP contribution is 2.21. The topological polar surface area (TPSA) is 60.2 Å². The second-order valence-corrected chi connectivity index (χ2v) is 6.85. The molecular formula is C15H16FNO2S. The molecule has 0 spiro atoms. The Morgan fingerprint density at radius 3 is 2.35 bits per heavy atom. The third kappa shape index (κ3) is 2.99. The van der Waals surface area contributed by atoms with Gasteiger partial charge in [0.15, 0.2) is 9.84 Å². The molecule has 0 aliphatic carbocycles. The van der Waals surface area contributed by atoms with Crippen LogP contribution in [0.15, 0.2) is 41.3 Å². The van der Waals surface area contributed by atoms with E-state index >= 15 is 0 Å². The Hall–Kier alpha value is -1.88. The number of nitrogens with two attached hydrogens (primary N) is 1. The Kier molecular flexibility index (Phi) is 3.81. The van der Waals surface area contributed by atoms with Gasteiger partial charge in [-0.05, 0) is 54.8 Å². The second kappa shape index (κ2) is 5.25. The number of hydrogen-bond acceptors (Lipinski definition) is 3. The van der Waals surface area contributed by atoms with Gasteiger partial charge in [0.25, 0.3) is 0 Å². The number of hydrogen-bond donors (Lipinski definition) is 1. The van der Waals surface area contributed by atoms with Gasteiger partial charge in [0.1, 0.15) is 5.82 Å². The van der Waals surface area contributed by atoms with E-state index in [0.717, 1.165) is 17.2 Å². The van der Waals surface area contributed by atoms with Crippen molar-refractivity contribution in [2.75, 3.05) is 5.73 Å². The molecule has 0 amide bonds. The number of benzene rings is 2. The molecule has 0 heterocycles. The third-order valence-corrected chi connectivity index (χ3v) is 4.94. The molecule has 2 rings (SSSR count). The summed E-state index contributed by atoms with van der Waals surface area (Å²) >= 11 is 0. The first-order valence-electron chi connectivity index (χ1n) is 6.13. The van der Waals surface area contributed by atoms with E-state index in [0.29, 0.717) is 5.56 Å². The van der Waals surface area contributed by atoms with Crippen LogP contribution in [0, 0.1) is 19.7 Å². The van der Waals surface area contributed by atoms with E-state index < -0.39 is 15.7 Å². The fraction of sp³-hybridized carbons (Fsp3) is 0.200. The zero-order valence-corrected chi connectivity index (χ0v) is 12.2. The van der Waals surface area contributed by atoms with Gasteiger partial charge < -0.3 is 5.73 Å². The fourth-order valence-electron chi connectivity index (χ4n) is 1.87. The van der Waals surface area contributed by atoms with Crippen LogP contribution in [0.5, 0.6) is 0 Å². The van der Waals surface area contributed by atoms with Crippen LogP contribution in [-0.2, 0) is 15.6 Å². The zero-order chi connectivity index (χ0) is 14.9. The van der Waals surface area contributed by atoms with Crippen LogP contribution < -0.4 is 5.73 Å². The normalized spacial score (nSPS) is 11.6. The summed E-state index contributed by atoms with van der Waals surface area (Å²) in [7, 11) is -3.49. The molecule has 0 atom stereocenters. The molecule has 5 heteroatoms. The van der Waals surface area contributed by atoms with Crippen LogP contribution in [0.25, 0.3) is 0 Å². The molecule has 0 aliphatic heterocycles. The summed E-state index contributed by atoms with van der Waals surface area (Å²) in [6.07, 6.45) is 0. The Morgan fingerprint density at radius 2 is 1.75 bits per heavy atom. The molecule has 2 aromatic rings. The fourth-order valence-corrected chi connectivity index (χ4v) is 3.29. The van der Waals surface area contributed by atoms with E-state index in [1.54, 1.807) is 18.2 Å². The first-order chi connectivity index (χ1) is 9.29. The number of aryl methyl sites for hydroxylation is 2. The Labute approximate surface area is 118 Å². The minimum Gasteiger partial charge on any atom is -0.396 e. The number of sulfone groups is 1. The zero-order valence-electron chi connectivity index (χ0n) is 11.4. The van der Waals surface area contributed by atoms with E-state index in [1.165, 1.54) is 12.1 Å². The molecule has 0 bridgehead atoms.